The van der Waals surface area contributed by atoms with Crippen LogP contribution in [0.5, 0.6) is 5.75 Å². The maximum atomic E-state index is 10.2. The van der Waals surface area contributed by atoms with Crippen molar-refractivity contribution < 1.29 is 5.11 Å². The molecule has 0 aliphatic carbocycles. The molecule has 2 aromatic rings. The molecule has 0 bridgehead atoms. The summed E-state index contributed by atoms with van der Waals surface area (Å²) in [6.45, 7) is 5.47. The maximum absolute atomic E-state index is 10.2. The van der Waals surface area contributed by atoms with Crippen molar-refractivity contribution in [2.24, 2.45) is 0 Å². The summed E-state index contributed by atoms with van der Waals surface area (Å²) in [6.07, 6.45) is 4.66. The molecule has 1 N–H and O–H groups in total. The molecule has 0 radical (unpaired) electrons. The van der Waals surface area contributed by atoms with Gasteiger partial charge in [-0.2, -0.15) is 0 Å². The van der Waals surface area contributed by atoms with Crippen molar-refractivity contribution >= 4 is 5.82 Å². The molecule has 4 rings (SSSR count). The van der Waals surface area contributed by atoms with Crippen molar-refractivity contribution in [3.8, 4) is 17.0 Å². The Morgan fingerprint density at radius 3 is 2.76 bits per heavy atom. The monoisotopic (exact) mass is 338 g/mol. The van der Waals surface area contributed by atoms with Crippen LogP contribution in [0.1, 0.15) is 30.4 Å². The quantitative estimate of drug-likeness (QED) is 0.912. The van der Waals surface area contributed by atoms with Crippen LogP contribution in [0.4, 0.5) is 5.82 Å². The lowest BCUT2D eigenvalue weighted by molar-refractivity contribution is 0.242. The molecule has 1 aromatic carbocycles. The van der Waals surface area contributed by atoms with Gasteiger partial charge in [-0.1, -0.05) is 12.1 Å². The molecule has 2 aliphatic rings. The van der Waals surface area contributed by atoms with Gasteiger partial charge in [0.1, 0.15) is 5.75 Å². The smallest absolute Gasteiger partial charge is 0.155 e. The van der Waals surface area contributed by atoms with Crippen LogP contribution in [0.25, 0.3) is 11.3 Å². The number of aromatic hydroxyl groups is 1. The topological polar surface area (TPSA) is 52.5 Å². The van der Waals surface area contributed by atoms with Gasteiger partial charge in [0.2, 0.25) is 0 Å². The van der Waals surface area contributed by atoms with E-state index in [1.54, 1.807) is 6.07 Å². The largest absolute Gasteiger partial charge is 0.507 e. The lowest BCUT2D eigenvalue weighted by atomic mass is 9.94. The molecule has 1 saturated heterocycles. The number of hydrogen-bond acceptors (Lipinski definition) is 5. The van der Waals surface area contributed by atoms with Crippen molar-refractivity contribution in [2.75, 3.05) is 31.6 Å². The van der Waals surface area contributed by atoms with Gasteiger partial charge in [0.15, 0.2) is 5.82 Å². The van der Waals surface area contributed by atoms with E-state index in [2.05, 4.69) is 34.0 Å². The Morgan fingerprint density at radius 1 is 1.12 bits per heavy atom. The zero-order chi connectivity index (χ0) is 17.4. The fourth-order valence-electron chi connectivity index (χ4n) is 4.28. The van der Waals surface area contributed by atoms with Crippen LogP contribution >= 0.6 is 0 Å². The van der Waals surface area contributed by atoms with Gasteiger partial charge in [0.05, 0.1) is 5.69 Å². The number of likely N-dealkylation sites (N-methyl/N-ethyl adjacent to an activating group) is 1. The lowest BCUT2D eigenvalue weighted by Gasteiger charge is -2.41. The van der Waals surface area contributed by atoms with Crippen molar-refractivity contribution in [2.45, 2.75) is 38.6 Å². The molecule has 0 spiro atoms. The van der Waals surface area contributed by atoms with Crippen LogP contribution < -0.4 is 4.90 Å². The summed E-state index contributed by atoms with van der Waals surface area (Å²) in [7, 11) is 2.20. The molecule has 1 aromatic heterocycles. The summed E-state index contributed by atoms with van der Waals surface area (Å²) in [5, 5.41) is 19.3. The van der Waals surface area contributed by atoms with Crippen molar-refractivity contribution in [1.29, 1.82) is 0 Å². The Bertz CT molecular complexity index is 776. The lowest BCUT2D eigenvalue weighted by Crippen LogP contribution is -2.49. The third kappa shape index (κ3) is 2.97. The van der Waals surface area contributed by atoms with Gasteiger partial charge in [0.25, 0.3) is 0 Å². The number of likely N-dealkylation sites (tertiary alicyclic amines) is 1. The van der Waals surface area contributed by atoms with Crippen LogP contribution in [-0.4, -0.2) is 52.9 Å². The van der Waals surface area contributed by atoms with Gasteiger partial charge in [-0.05, 0) is 63.9 Å². The molecular formula is C20H26N4O. The summed E-state index contributed by atoms with van der Waals surface area (Å²) >= 11 is 0. The van der Waals surface area contributed by atoms with Gasteiger partial charge >= 0.3 is 0 Å². The summed E-state index contributed by atoms with van der Waals surface area (Å²) in [6, 6.07) is 7.92. The Kier molecular flexibility index (Phi) is 4.34. The van der Waals surface area contributed by atoms with E-state index in [1.165, 1.54) is 24.9 Å². The normalized spacial score (nSPS) is 21.2. The van der Waals surface area contributed by atoms with E-state index >= 15 is 0 Å². The van der Waals surface area contributed by atoms with E-state index in [1.807, 2.05) is 18.2 Å². The third-order valence-corrected chi connectivity index (χ3v) is 5.62. The maximum Gasteiger partial charge on any atom is 0.155 e. The summed E-state index contributed by atoms with van der Waals surface area (Å²) in [5.74, 6) is 1.32. The third-order valence-electron chi connectivity index (χ3n) is 5.62. The minimum Gasteiger partial charge on any atom is -0.507 e. The molecule has 25 heavy (non-hydrogen) atoms. The highest BCUT2D eigenvalue weighted by Gasteiger charge is 2.30. The molecule has 132 valence electrons. The molecule has 1 fully saturated rings. The highest BCUT2D eigenvalue weighted by Crippen LogP contribution is 2.36. The molecule has 3 heterocycles. The van der Waals surface area contributed by atoms with Crippen molar-refractivity contribution in [3.05, 3.63) is 35.4 Å². The SMILES string of the molecule is Cc1c(-c2ccccc2O)nnc2c1CCCN2C1CCCN(C)C1. The fraction of sp³-hybridized carbons (Fsp3) is 0.500. The number of hydrogen-bond donors (Lipinski definition) is 1. The van der Waals surface area contributed by atoms with E-state index in [0.717, 1.165) is 48.6 Å². The van der Waals surface area contributed by atoms with E-state index in [4.69, 9.17) is 0 Å². The van der Waals surface area contributed by atoms with Crippen LogP contribution in [0.15, 0.2) is 24.3 Å². The van der Waals surface area contributed by atoms with E-state index < -0.39 is 0 Å². The first-order valence-corrected chi connectivity index (χ1v) is 9.25. The van der Waals surface area contributed by atoms with Crippen molar-refractivity contribution in [1.82, 2.24) is 15.1 Å². The number of para-hydroxylation sites is 1. The predicted octanol–water partition coefficient (Wildman–Crippen LogP) is 3.00. The second kappa shape index (κ2) is 6.64. The molecular weight excluding hydrogens is 312 g/mol. The zero-order valence-corrected chi connectivity index (χ0v) is 15.1. The number of fused-ring (bicyclic) bond motifs is 1. The van der Waals surface area contributed by atoms with Gasteiger partial charge in [-0.3, -0.25) is 0 Å². The van der Waals surface area contributed by atoms with Gasteiger partial charge in [0, 0.05) is 30.3 Å². The standard InChI is InChI=1S/C20H26N4O/c1-14-16-9-6-12-24(15-7-5-11-23(2)13-15)20(16)22-21-19(14)17-8-3-4-10-18(17)25/h3-4,8,10,15,25H,5-7,9,11-13H2,1-2H3. The number of phenols is 1. The molecule has 1 atom stereocenters. The van der Waals surface area contributed by atoms with Gasteiger partial charge in [-0.15, -0.1) is 10.2 Å². The first-order valence-electron chi connectivity index (χ1n) is 9.25. The molecule has 1 unspecified atom stereocenters. The highest BCUT2D eigenvalue weighted by atomic mass is 16.3. The number of phenolic OH excluding ortho intramolecular Hbond substituents is 1. The summed E-state index contributed by atoms with van der Waals surface area (Å²) < 4.78 is 0. The van der Waals surface area contributed by atoms with Gasteiger partial charge in [-0.25, -0.2) is 0 Å². The van der Waals surface area contributed by atoms with E-state index in [9.17, 15) is 5.11 Å². The van der Waals surface area contributed by atoms with E-state index in [0.29, 0.717) is 6.04 Å². The predicted molar refractivity (Wildman–Crippen MR) is 100 cm³/mol. The Hall–Kier alpha value is -2.14. The van der Waals surface area contributed by atoms with Crippen LogP contribution in [0.3, 0.4) is 0 Å². The minimum absolute atomic E-state index is 0.265. The number of rotatable bonds is 2. The second-order valence-electron chi connectivity index (χ2n) is 7.35. The number of benzene rings is 1. The fourth-order valence-corrected chi connectivity index (χ4v) is 4.28. The molecule has 5 heteroatoms. The number of anilines is 1. The Balaban J connectivity index is 1.73. The Morgan fingerprint density at radius 2 is 1.96 bits per heavy atom. The second-order valence-corrected chi connectivity index (χ2v) is 7.35. The zero-order valence-electron chi connectivity index (χ0n) is 15.1. The molecule has 0 saturated carbocycles. The van der Waals surface area contributed by atoms with Crippen molar-refractivity contribution in [3.63, 3.8) is 0 Å². The first kappa shape index (κ1) is 16.3. The first-order chi connectivity index (χ1) is 12.1. The molecule has 2 aliphatic heterocycles. The minimum atomic E-state index is 0.265. The van der Waals surface area contributed by atoms with E-state index in [-0.39, 0.29) is 5.75 Å². The number of piperidine rings is 1. The average Bonchev–Trinajstić information content (AvgIpc) is 2.63. The summed E-state index contributed by atoms with van der Waals surface area (Å²) in [4.78, 5) is 4.89. The van der Waals surface area contributed by atoms with Crippen LogP contribution in [-0.2, 0) is 6.42 Å². The van der Waals surface area contributed by atoms with Gasteiger partial charge < -0.3 is 14.9 Å². The van der Waals surface area contributed by atoms with Crippen LogP contribution in [0.2, 0.25) is 0 Å². The average molecular weight is 338 g/mol. The molecule has 5 nitrogen and oxygen atoms in total. The molecule has 0 amide bonds. The number of nitrogens with zero attached hydrogens (tertiary/aromatic N) is 4. The van der Waals surface area contributed by atoms with Crippen LogP contribution in [0, 0.1) is 6.92 Å². The summed E-state index contributed by atoms with van der Waals surface area (Å²) in [5.41, 5.74) is 4.03. The highest BCUT2D eigenvalue weighted by molar-refractivity contribution is 5.72. The number of aromatic nitrogens is 2. The Labute approximate surface area is 149 Å².